The van der Waals surface area contributed by atoms with Gasteiger partial charge in [0.2, 0.25) is 5.89 Å². The van der Waals surface area contributed by atoms with E-state index in [1.54, 1.807) is 14.0 Å². The summed E-state index contributed by atoms with van der Waals surface area (Å²) in [6.45, 7) is 5.44. The molecule has 19 heavy (non-hydrogen) atoms. The molecule has 0 aromatic carbocycles. The summed E-state index contributed by atoms with van der Waals surface area (Å²) in [5.74, 6) is 1.98. The van der Waals surface area contributed by atoms with Crippen molar-refractivity contribution in [1.29, 1.82) is 0 Å². The average molecular weight is 381 g/mol. The van der Waals surface area contributed by atoms with Crippen LogP contribution in [0.4, 0.5) is 0 Å². The highest BCUT2D eigenvalue weighted by molar-refractivity contribution is 14.0. The van der Waals surface area contributed by atoms with Crippen LogP contribution in [0.3, 0.4) is 0 Å². The van der Waals surface area contributed by atoms with Gasteiger partial charge in [0.15, 0.2) is 11.8 Å². The predicted molar refractivity (Wildman–Crippen MR) is 86.8 cm³/mol. The third-order valence-electron chi connectivity index (χ3n) is 2.52. The summed E-state index contributed by atoms with van der Waals surface area (Å²) < 4.78 is 5.01. The predicted octanol–water partition coefficient (Wildman–Crippen LogP) is 2.24. The van der Waals surface area contributed by atoms with Gasteiger partial charge < -0.3 is 15.2 Å². The van der Waals surface area contributed by atoms with Gasteiger partial charge in [0.25, 0.3) is 0 Å². The quantitative estimate of drug-likeness (QED) is 0.328. The molecule has 0 aliphatic heterocycles. The van der Waals surface area contributed by atoms with Gasteiger partial charge in [-0.05, 0) is 13.3 Å². The van der Waals surface area contributed by atoms with Crippen LogP contribution in [0, 0.1) is 6.92 Å². The molecule has 0 saturated heterocycles. The Bertz CT molecular complexity index is 367. The van der Waals surface area contributed by atoms with Crippen LogP contribution in [0.15, 0.2) is 9.52 Å². The van der Waals surface area contributed by atoms with E-state index in [4.69, 9.17) is 4.52 Å². The number of halogens is 1. The van der Waals surface area contributed by atoms with Crippen molar-refractivity contribution in [2.45, 2.75) is 46.1 Å². The third-order valence-corrected chi connectivity index (χ3v) is 2.52. The van der Waals surface area contributed by atoms with Crippen LogP contribution >= 0.6 is 24.0 Å². The summed E-state index contributed by atoms with van der Waals surface area (Å²) >= 11 is 0. The van der Waals surface area contributed by atoms with Crippen molar-refractivity contribution in [2.75, 3.05) is 13.6 Å². The second kappa shape index (κ2) is 11.0. The van der Waals surface area contributed by atoms with E-state index in [0.29, 0.717) is 18.3 Å². The van der Waals surface area contributed by atoms with Crippen LogP contribution in [-0.4, -0.2) is 29.7 Å². The van der Waals surface area contributed by atoms with Gasteiger partial charge in [-0.15, -0.1) is 24.0 Å². The molecule has 110 valence electrons. The molecule has 1 aromatic heterocycles. The van der Waals surface area contributed by atoms with Gasteiger partial charge in [-0.25, -0.2) is 0 Å². The number of nitrogens with zero attached hydrogens (tertiary/aromatic N) is 3. The minimum Gasteiger partial charge on any atom is -0.356 e. The van der Waals surface area contributed by atoms with Crippen molar-refractivity contribution in [1.82, 2.24) is 20.8 Å². The van der Waals surface area contributed by atoms with Crippen molar-refractivity contribution >= 4 is 29.9 Å². The highest BCUT2D eigenvalue weighted by atomic mass is 127. The number of aromatic nitrogens is 2. The van der Waals surface area contributed by atoms with E-state index >= 15 is 0 Å². The zero-order valence-corrected chi connectivity index (χ0v) is 14.2. The highest BCUT2D eigenvalue weighted by Crippen LogP contribution is 1.97. The van der Waals surface area contributed by atoms with E-state index in [-0.39, 0.29) is 24.0 Å². The van der Waals surface area contributed by atoms with Gasteiger partial charge >= 0.3 is 0 Å². The summed E-state index contributed by atoms with van der Waals surface area (Å²) in [4.78, 5) is 8.25. The molecule has 0 saturated carbocycles. The number of hydrogen-bond acceptors (Lipinski definition) is 4. The van der Waals surface area contributed by atoms with Crippen molar-refractivity contribution in [3.05, 3.63) is 11.7 Å². The van der Waals surface area contributed by atoms with Gasteiger partial charge in [-0.2, -0.15) is 4.98 Å². The standard InChI is InChI=1S/C12H23N5O.HI/c1-4-5-6-7-8-14-12(13-3)15-9-11-16-10(2)17-18-11;/h4-9H2,1-3H3,(H2,13,14,15);1H. The third kappa shape index (κ3) is 8.02. The van der Waals surface area contributed by atoms with E-state index in [9.17, 15) is 0 Å². The summed E-state index contributed by atoms with van der Waals surface area (Å²) in [5, 5.41) is 10.1. The van der Waals surface area contributed by atoms with Crippen molar-refractivity contribution in [3.63, 3.8) is 0 Å². The first kappa shape index (κ1) is 18.1. The summed E-state index contributed by atoms with van der Waals surface area (Å²) in [5.41, 5.74) is 0. The lowest BCUT2D eigenvalue weighted by molar-refractivity contribution is 0.371. The molecule has 6 nitrogen and oxygen atoms in total. The molecule has 1 heterocycles. The summed E-state index contributed by atoms with van der Waals surface area (Å²) in [6.07, 6.45) is 4.95. The second-order valence-corrected chi connectivity index (χ2v) is 4.15. The van der Waals surface area contributed by atoms with Crippen LogP contribution in [0.25, 0.3) is 0 Å². The Morgan fingerprint density at radius 1 is 1.26 bits per heavy atom. The number of unbranched alkanes of at least 4 members (excludes halogenated alkanes) is 3. The molecule has 0 aliphatic rings. The normalized spacial score (nSPS) is 11.0. The maximum absolute atomic E-state index is 5.01. The molecule has 2 N–H and O–H groups in total. The van der Waals surface area contributed by atoms with E-state index < -0.39 is 0 Å². The average Bonchev–Trinajstić information content (AvgIpc) is 2.78. The molecule has 1 aromatic rings. The van der Waals surface area contributed by atoms with Crippen LogP contribution in [0.1, 0.15) is 44.3 Å². The van der Waals surface area contributed by atoms with Gasteiger partial charge in [0.05, 0.1) is 6.54 Å². The Labute approximate surface area is 131 Å². The molecule has 0 radical (unpaired) electrons. The molecular weight excluding hydrogens is 357 g/mol. The first-order valence-electron chi connectivity index (χ1n) is 6.50. The first-order chi connectivity index (χ1) is 8.76. The molecule has 0 unspecified atom stereocenters. The van der Waals surface area contributed by atoms with Gasteiger partial charge in [0, 0.05) is 13.6 Å². The van der Waals surface area contributed by atoms with Crippen LogP contribution < -0.4 is 10.6 Å². The van der Waals surface area contributed by atoms with Gasteiger partial charge in [-0.3, -0.25) is 4.99 Å². The number of guanidine groups is 1. The van der Waals surface area contributed by atoms with Crippen molar-refractivity contribution in [3.8, 4) is 0 Å². The lowest BCUT2D eigenvalue weighted by Crippen LogP contribution is -2.37. The lowest BCUT2D eigenvalue weighted by Gasteiger charge is -2.09. The molecule has 7 heteroatoms. The molecular formula is C12H24IN5O. The maximum atomic E-state index is 5.01. The lowest BCUT2D eigenvalue weighted by atomic mass is 10.2. The Hall–Kier alpha value is -0.860. The van der Waals surface area contributed by atoms with Crippen LogP contribution in [0.5, 0.6) is 0 Å². The molecule has 0 aliphatic carbocycles. The Balaban J connectivity index is 0.00000324. The summed E-state index contributed by atoms with van der Waals surface area (Å²) in [6, 6.07) is 0. The monoisotopic (exact) mass is 381 g/mol. The zero-order chi connectivity index (χ0) is 13.2. The molecule has 0 amide bonds. The fourth-order valence-corrected chi connectivity index (χ4v) is 1.55. The largest absolute Gasteiger partial charge is 0.356 e. The zero-order valence-electron chi connectivity index (χ0n) is 11.9. The minimum atomic E-state index is 0. The number of aryl methyl sites for hydroxylation is 1. The SMILES string of the molecule is CCCCCCNC(=NC)NCc1nc(C)no1.I. The highest BCUT2D eigenvalue weighted by Gasteiger charge is 2.03. The Morgan fingerprint density at radius 2 is 2.05 bits per heavy atom. The topological polar surface area (TPSA) is 75.3 Å². The number of aliphatic imine (C=N–C) groups is 1. The molecule has 0 bridgehead atoms. The van der Waals surface area contributed by atoms with Crippen molar-refractivity contribution < 1.29 is 4.52 Å². The second-order valence-electron chi connectivity index (χ2n) is 4.15. The Morgan fingerprint density at radius 3 is 2.63 bits per heavy atom. The molecule has 1 rings (SSSR count). The van der Waals surface area contributed by atoms with E-state index in [0.717, 1.165) is 18.9 Å². The molecule has 0 fully saturated rings. The van der Waals surface area contributed by atoms with E-state index in [1.807, 2.05) is 0 Å². The Kier molecular flexibility index (Phi) is 10.5. The van der Waals surface area contributed by atoms with Crippen LogP contribution in [0.2, 0.25) is 0 Å². The fourth-order valence-electron chi connectivity index (χ4n) is 1.55. The summed E-state index contributed by atoms with van der Waals surface area (Å²) in [7, 11) is 1.75. The van der Waals surface area contributed by atoms with Gasteiger partial charge in [0.1, 0.15) is 0 Å². The van der Waals surface area contributed by atoms with E-state index in [2.05, 4.69) is 32.7 Å². The first-order valence-corrected chi connectivity index (χ1v) is 6.50. The number of rotatable bonds is 7. The fraction of sp³-hybridized carbons (Fsp3) is 0.750. The van der Waals surface area contributed by atoms with E-state index in [1.165, 1.54) is 19.3 Å². The minimum absolute atomic E-state index is 0. The molecule has 0 atom stereocenters. The van der Waals surface area contributed by atoms with Gasteiger partial charge in [-0.1, -0.05) is 31.3 Å². The number of nitrogens with one attached hydrogen (secondary N) is 2. The maximum Gasteiger partial charge on any atom is 0.246 e. The molecule has 0 spiro atoms. The van der Waals surface area contributed by atoms with Crippen LogP contribution in [-0.2, 0) is 6.54 Å². The van der Waals surface area contributed by atoms with Crippen molar-refractivity contribution in [2.24, 2.45) is 4.99 Å². The number of hydrogen-bond donors (Lipinski definition) is 2. The smallest absolute Gasteiger partial charge is 0.246 e.